The Morgan fingerprint density at radius 1 is 1.18 bits per heavy atom. The van der Waals surface area contributed by atoms with Crippen molar-refractivity contribution in [2.75, 3.05) is 11.3 Å². The molecule has 0 aliphatic carbocycles. The SMILES string of the molecule is CC(=O)c1cccc(NS(=O)(=O)c2ccc3c(c2)CCO3)c1. The van der Waals surface area contributed by atoms with Gasteiger partial charge in [-0.25, -0.2) is 8.42 Å². The van der Waals surface area contributed by atoms with E-state index in [0.717, 1.165) is 11.3 Å². The van der Waals surface area contributed by atoms with Gasteiger partial charge in [-0.05, 0) is 42.8 Å². The number of ketones is 1. The van der Waals surface area contributed by atoms with Gasteiger partial charge >= 0.3 is 0 Å². The molecule has 0 fully saturated rings. The Bertz CT molecular complexity index is 843. The minimum Gasteiger partial charge on any atom is -0.493 e. The number of nitrogens with one attached hydrogen (secondary N) is 1. The minimum absolute atomic E-state index is 0.115. The van der Waals surface area contributed by atoms with Gasteiger partial charge < -0.3 is 4.74 Å². The van der Waals surface area contributed by atoms with Crippen LogP contribution in [0.25, 0.3) is 0 Å². The molecule has 1 heterocycles. The van der Waals surface area contributed by atoms with Crippen LogP contribution in [0.15, 0.2) is 47.4 Å². The highest BCUT2D eigenvalue weighted by Gasteiger charge is 2.19. The molecule has 22 heavy (non-hydrogen) atoms. The molecule has 0 spiro atoms. The zero-order valence-corrected chi connectivity index (χ0v) is 12.8. The van der Waals surface area contributed by atoms with E-state index in [1.807, 2.05) is 0 Å². The zero-order valence-electron chi connectivity index (χ0n) is 12.0. The summed E-state index contributed by atoms with van der Waals surface area (Å²) in [4.78, 5) is 11.6. The zero-order chi connectivity index (χ0) is 15.7. The Labute approximate surface area is 129 Å². The van der Waals surface area contributed by atoms with Gasteiger partial charge in [0, 0.05) is 17.7 Å². The summed E-state index contributed by atoms with van der Waals surface area (Å²) in [7, 11) is -3.69. The maximum atomic E-state index is 12.4. The molecule has 0 saturated heterocycles. The van der Waals surface area contributed by atoms with E-state index >= 15 is 0 Å². The average molecular weight is 317 g/mol. The molecular formula is C16H15NO4S. The molecule has 0 amide bonds. The highest BCUT2D eigenvalue weighted by Crippen LogP contribution is 2.28. The fraction of sp³-hybridized carbons (Fsp3) is 0.188. The number of hydrogen-bond acceptors (Lipinski definition) is 4. The van der Waals surface area contributed by atoms with Crippen LogP contribution in [0.3, 0.4) is 0 Å². The summed E-state index contributed by atoms with van der Waals surface area (Å²) in [5.74, 6) is 0.619. The molecule has 1 aliphatic rings. The van der Waals surface area contributed by atoms with Crippen molar-refractivity contribution >= 4 is 21.5 Å². The number of benzene rings is 2. The first-order valence-electron chi connectivity index (χ1n) is 6.85. The molecule has 6 heteroatoms. The molecule has 3 rings (SSSR count). The molecule has 1 aliphatic heterocycles. The van der Waals surface area contributed by atoms with Gasteiger partial charge in [0.05, 0.1) is 11.5 Å². The number of hydrogen-bond donors (Lipinski definition) is 1. The fourth-order valence-electron chi connectivity index (χ4n) is 2.35. The number of ether oxygens (including phenoxy) is 1. The Morgan fingerprint density at radius 2 is 2.00 bits per heavy atom. The number of fused-ring (bicyclic) bond motifs is 1. The summed E-state index contributed by atoms with van der Waals surface area (Å²) in [5, 5.41) is 0. The van der Waals surface area contributed by atoms with Crippen LogP contribution in [0.1, 0.15) is 22.8 Å². The molecule has 0 aromatic heterocycles. The van der Waals surface area contributed by atoms with Crippen LogP contribution in [-0.2, 0) is 16.4 Å². The second-order valence-electron chi connectivity index (χ2n) is 5.11. The quantitative estimate of drug-likeness (QED) is 0.880. The van der Waals surface area contributed by atoms with Gasteiger partial charge in [0.1, 0.15) is 5.75 Å². The van der Waals surface area contributed by atoms with Gasteiger partial charge in [-0.2, -0.15) is 0 Å². The van der Waals surface area contributed by atoms with E-state index in [1.54, 1.807) is 30.3 Å². The monoisotopic (exact) mass is 317 g/mol. The lowest BCUT2D eigenvalue weighted by Crippen LogP contribution is -2.13. The summed E-state index contributed by atoms with van der Waals surface area (Å²) >= 11 is 0. The van der Waals surface area contributed by atoms with Crippen LogP contribution < -0.4 is 9.46 Å². The van der Waals surface area contributed by atoms with Crippen LogP contribution in [0.4, 0.5) is 5.69 Å². The summed E-state index contributed by atoms with van der Waals surface area (Å²) in [6, 6.07) is 11.2. The van der Waals surface area contributed by atoms with Crippen molar-refractivity contribution in [1.82, 2.24) is 0 Å². The van der Waals surface area contributed by atoms with Gasteiger partial charge in [0.15, 0.2) is 5.78 Å². The minimum atomic E-state index is -3.69. The van der Waals surface area contributed by atoms with Gasteiger partial charge in [-0.15, -0.1) is 0 Å². The van der Waals surface area contributed by atoms with Crippen molar-refractivity contribution < 1.29 is 17.9 Å². The van der Waals surface area contributed by atoms with Crippen LogP contribution in [-0.4, -0.2) is 20.8 Å². The first-order valence-corrected chi connectivity index (χ1v) is 8.33. The highest BCUT2D eigenvalue weighted by atomic mass is 32.2. The van der Waals surface area contributed by atoms with Crippen molar-refractivity contribution in [3.8, 4) is 5.75 Å². The summed E-state index contributed by atoms with van der Waals surface area (Å²) in [5.41, 5.74) is 1.72. The third kappa shape index (κ3) is 2.82. The van der Waals surface area contributed by atoms with E-state index in [4.69, 9.17) is 4.74 Å². The normalized spacial score (nSPS) is 13.3. The molecule has 0 bridgehead atoms. The Morgan fingerprint density at radius 3 is 2.77 bits per heavy atom. The molecule has 0 atom stereocenters. The largest absolute Gasteiger partial charge is 0.493 e. The molecular weight excluding hydrogens is 302 g/mol. The molecule has 0 unspecified atom stereocenters. The molecule has 0 saturated carbocycles. The molecule has 2 aromatic rings. The number of rotatable bonds is 4. The number of sulfonamides is 1. The van der Waals surface area contributed by atoms with Crippen molar-refractivity contribution in [1.29, 1.82) is 0 Å². The van der Waals surface area contributed by atoms with Gasteiger partial charge in [0.2, 0.25) is 0 Å². The van der Waals surface area contributed by atoms with Crippen molar-refractivity contribution in [2.24, 2.45) is 0 Å². The molecule has 0 radical (unpaired) electrons. The van der Waals surface area contributed by atoms with Crippen LogP contribution >= 0.6 is 0 Å². The summed E-state index contributed by atoms with van der Waals surface area (Å²) < 4.78 is 32.8. The first kappa shape index (κ1) is 14.6. The van der Waals surface area contributed by atoms with E-state index in [1.165, 1.54) is 19.1 Å². The number of anilines is 1. The second-order valence-corrected chi connectivity index (χ2v) is 6.79. The fourth-order valence-corrected chi connectivity index (χ4v) is 3.45. The molecule has 114 valence electrons. The van der Waals surface area contributed by atoms with E-state index in [-0.39, 0.29) is 10.7 Å². The van der Waals surface area contributed by atoms with Crippen molar-refractivity contribution in [3.05, 3.63) is 53.6 Å². The van der Waals surface area contributed by atoms with Gasteiger partial charge in [0.25, 0.3) is 10.0 Å². The highest BCUT2D eigenvalue weighted by molar-refractivity contribution is 7.92. The lowest BCUT2D eigenvalue weighted by molar-refractivity contribution is 0.101. The Balaban J connectivity index is 1.90. The average Bonchev–Trinajstić information content (AvgIpc) is 2.94. The molecule has 2 aromatic carbocycles. The topological polar surface area (TPSA) is 72.5 Å². The lowest BCUT2D eigenvalue weighted by Gasteiger charge is -2.10. The maximum absolute atomic E-state index is 12.4. The third-order valence-electron chi connectivity index (χ3n) is 3.49. The number of carbonyl (C=O) groups is 1. The second kappa shape index (κ2) is 5.46. The first-order chi connectivity index (χ1) is 10.5. The van der Waals surface area contributed by atoms with Crippen LogP contribution in [0.5, 0.6) is 5.75 Å². The lowest BCUT2D eigenvalue weighted by atomic mass is 10.1. The smallest absolute Gasteiger partial charge is 0.261 e. The predicted octanol–water partition coefficient (Wildman–Crippen LogP) is 2.62. The molecule has 5 nitrogen and oxygen atoms in total. The van der Waals surface area contributed by atoms with E-state index in [9.17, 15) is 13.2 Å². The summed E-state index contributed by atoms with van der Waals surface area (Å²) in [6.45, 7) is 2.01. The van der Waals surface area contributed by atoms with Crippen molar-refractivity contribution in [2.45, 2.75) is 18.2 Å². The predicted molar refractivity (Wildman–Crippen MR) is 82.9 cm³/mol. The summed E-state index contributed by atoms with van der Waals surface area (Å²) in [6.07, 6.45) is 0.707. The number of carbonyl (C=O) groups excluding carboxylic acids is 1. The Hall–Kier alpha value is -2.34. The van der Waals surface area contributed by atoms with Crippen molar-refractivity contribution in [3.63, 3.8) is 0 Å². The number of Topliss-reactive ketones (excluding diaryl/α,β-unsaturated/α-hetero) is 1. The van der Waals surface area contributed by atoms with E-state index in [0.29, 0.717) is 24.3 Å². The standard InChI is InChI=1S/C16H15NO4S/c1-11(18)12-3-2-4-14(9-12)17-22(19,20)15-5-6-16-13(10-15)7-8-21-16/h2-6,9-10,17H,7-8H2,1H3. The van der Waals surface area contributed by atoms with Crippen LogP contribution in [0.2, 0.25) is 0 Å². The van der Waals surface area contributed by atoms with Crippen LogP contribution in [0, 0.1) is 0 Å². The van der Waals surface area contributed by atoms with E-state index < -0.39 is 10.0 Å². The molecule has 1 N–H and O–H groups in total. The Kier molecular flexibility index (Phi) is 3.62. The maximum Gasteiger partial charge on any atom is 0.261 e. The van der Waals surface area contributed by atoms with Gasteiger partial charge in [-0.1, -0.05) is 12.1 Å². The van der Waals surface area contributed by atoms with E-state index in [2.05, 4.69) is 4.72 Å². The van der Waals surface area contributed by atoms with Gasteiger partial charge in [-0.3, -0.25) is 9.52 Å². The third-order valence-corrected chi connectivity index (χ3v) is 4.87.